The van der Waals surface area contributed by atoms with Gasteiger partial charge in [-0.05, 0) is 79.5 Å². The van der Waals surface area contributed by atoms with Crippen molar-refractivity contribution in [2.75, 3.05) is 24.8 Å². The fourth-order valence-corrected chi connectivity index (χ4v) is 7.49. The predicted molar refractivity (Wildman–Crippen MR) is 125 cm³/mol. The second-order valence-electron chi connectivity index (χ2n) is 9.46. The van der Waals surface area contributed by atoms with Gasteiger partial charge in [-0.3, -0.25) is 0 Å². The third kappa shape index (κ3) is 4.67. The minimum absolute atomic E-state index is 0.0316. The first-order chi connectivity index (χ1) is 15.4. The van der Waals surface area contributed by atoms with E-state index in [9.17, 15) is 14.3 Å². The molecule has 0 aliphatic heterocycles. The Labute approximate surface area is 200 Å². The molecule has 0 heterocycles. The SMILES string of the molecule is C[C@]12CC[C@@H]3c4ccc(OC(=O)N(CCCl)CCCl)cc4CC[C@H]3[C@@H]1CC[C@@H]2O[P+](=O)O. The van der Waals surface area contributed by atoms with Crippen LogP contribution in [-0.2, 0) is 15.5 Å². The molecule has 6 atom stereocenters. The molecule has 176 valence electrons. The van der Waals surface area contributed by atoms with Gasteiger partial charge in [-0.25, -0.2) is 4.79 Å². The van der Waals surface area contributed by atoms with E-state index < -0.39 is 14.3 Å². The Morgan fingerprint density at radius 3 is 2.66 bits per heavy atom. The monoisotopic (exact) mass is 502 g/mol. The number of carbonyl (C=O) groups excluding carboxylic acids is 1. The number of hydrogen-bond donors (Lipinski definition) is 1. The van der Waals surface area contributed by atoms with Crippen LogP contribution in [0.3, 0.4) is 0 Å². The Morgan fingerprint density at radius 1 is 1.22 bits per heavy atom. The van der Waals surface area contributed by atoms with E-state index in [1.807, 2.05) is 12.1 Å². The molecular weight excluding hydrogens is 472 g/mol. The number of hydrogen-bond acceptors (Lipinski definition) is 4. The van der Waals surface area contributed by atoms with E-state index in [2.05, 4.69) is 13.0 Å². The van der Waals surface area contributed by atoms with E-state index in [1.54, 1.807) is 0 Å². The Bertz CT molecular complexity index is 865. The molecule has 0 radical (unpaired) electrons. The molecule has 1 unspecified atom stereocenters. The third-order valence-corrected chi connectivity index (χ3v) is 8.77. The van der Waals surface area contributed by atoms with Crippen molar-refractivity contribution < 1.29 is 23.5 Å². The van der Waals surface area contributed by atoms with Crippen LogP contribution in [0, 0.1) is 17.3 Å². The van der Waals surface area contributed by atoms with Gasteiger partial charge in [-0.1, -0.05) is 13.0 Å². The van der Waals surface area contributed by atoms with Gasteiger partial charge >= 0.3 is 14.3 Å². The Balaban J connectivity index is 1.48. The summed E-state index contributed by atoms with van der Waals surface area (Å²) in [5.74, 6) is 2.77. The molecule has 0 bridgehead atoms. The summed E-state index contributed by atoms with van der Waals surface area (Å²) in [4.78, 5) is 23.3. The molecule has 3 aliphatic carbocycles. The van der Waals surface area contributed by atoms with E-state index in [0.29, 0.717) is 48.4 Å². The zero-order valence-electron chi connectivity index (χ0n) is 18.3. The fraction of sp³-hybridized carbons (Fsp3) is 0.696. The number of ether oxygens (including phenoxy) is 1. The molecule has 2 saturated carbocycles. The van der Waals surface area contributed by atoms with Crippen LogP contribution >= 0.6 is 31.5 Å². The van der Waals surface area contributed by atoms with Crippen LogP contribution < -0.4 is 4.74 Å². The first-order valence-electron chi connectivity index (χ1n) is 11.4. The molecule has 4 rings (SSSR count). The quantitative estimate of drug-likeness (QED) is 0.373. The topological polar surface area (TPSA) is 76.1 Å². The van der Waals surface area contributed by atoms with Crippen molar-refractivity contribution in [3.05, 3.63) is 29.3 Å². The molecule has 1 aromatic rings. The molecule has 1 amide bonds. The molecule has 3 aliphatic rings. The van der Waals surface area contributed by atoms with E-state index in [1.165, 1.54) is 16.0 Å². The van der Waals surface area contributed by atoms with Crippen LogP contribution in [0.5, 0.6) is 5.75 Å². The summed E-state index contributed by atoms with van der Waals surface area (Å²) in [7, 11) is -2.57. The minimum atomic E-state index is -2.57. The van der Waals surface area contributed by atoms with Gasteiger partial charge < -0.3 is 9.64 Å². The van der Waals surface area contributed by atoms with Crippen LogP contribution in [0.2, 0.25) is 0 Å². The molecule has 0 spiro atoms. The zero-order chi connectivity index (χ0) is 22.9. The molecule has 32 heavy (non-hydrogen) atoms. The van der Waals surface area contributed by atoms with Gasteiger partial charge in [-0.15, -0.1) is 32.6 Å². The summed E-state index contributed by atoms with van der Waals surface area (Å²) in [6.07, 6.45) is 5.42. The average Bonchev–Trinajstić information content (AvgIpc) is 3.09. The fourth-order valence-electron chi connectivity index (χ4n) is 6.52. The molecular formula is C23H31Cl2NO5P+. The highest BCUT2D eigenvalue weighted by atomic mass is 35.5. The zero-order valence-corrected chi connectivity index (χ0v) is 20.7. The van der Waals surface area contributed by atoms with Crippen LogP contribution in [-0.4, -0.2) is 46.8 Å². The largest absolute Gasteiger partial charge is 0.695 e. The number of benzene rings is 1. The smallest absolute Gasteiger partial charge is 0.410 e. The number of carbonyl (C=O) groups is 1. The van der Waals surface area contributed by atoms with Crippen molar-refractivity contribution in [2.45, 2.75) is 57.5 Å². The normalized spacial score (nSPS) is 31.3. The van der Waals surface area contributed by atoms with Gasteiger partial charge in [0.05, 0.1) is 0 Å². The van der Waals surface area contributed by atoms with E-state index in [-0.39, 0.29) is 11.5 Å². The second-order valence-corrected chi connectivity index (χ2v) is 10.9. The molecule has 6 nitrogen and oxygen atoms in total. The van der Waals surface area contributed by atoms with Crippen molar-refractivity contribution in [3.8, 4) is 5.75 Å². The maximum Gasteiger partial charge on any atom is 0.695 e. The summed E-state index contributed by atoms with van der Waals surface area (Å²) < 4.78 is 22.4. The number of alkyl halides is 2. The molecule has 2 fully saturated rings. The average molecular weight is 503 g/mol. The molecule has 1 aromatic carbocycles. The molecule has 1 N–H and O–H groups in total. The number of halogens is 2. The number of rotatable bonds is 7. The summed E-state index contributed by atoms with van der Waals surface area (Å²) in [5, 5.41) is 0. The van der Waals surface area contributed by atoms with Crippen molar-refractivity contribution in [1.29, 1.82) is 0 Å². The van der Waals surface area contributed by atoms with Crippen molar-refractivity contribution in [1.82, 2.24) is 4.90 Å². The van der Waals surface area contributed by atoms with Gasteiger partial charge in [0.1, 0.15) is 11.9 Å². The van der Waals surface area contributed by atoms with Gasteiger partial charge in [0, 0.05) is 34.8 Å². The van der Waals surface area contributed by atoms with Crippen molar-refractivity contribution >= 4 is 37.5 Å². The second kappa shape index (κ2) is 10.1. The van der Waals surface area contributed by atoms with Crippen LogP contribution in [0.1, 0.15) is 56.1 Å². The lowest BCUT2D eigenvalue weighted by Crippen LogP contribution is -2.44. The van der Waals surface area contributed by atoms with Gasteiger partial charge in [0.2, 0.25) is 0 Å². The Morgan fingerprint density at radius 2 is 1.97 bits per heavy atom. The summed E-state index contributed by atoms with van der Waals surface area (Å²) in [6, 6.07) is 6.02. The van der Waals surface area contributed by atoms with Crippen molar-refractivity contribution in [2.24, 2.45) is 17.3 Å². The predicted octanol–water partition coefficient (Wildman–Crippen LogP) is 5.86. The summed E-state index contributed by atoms with van der Waals surface area (Å²) >= 11 is 11.6. The number of aryl methyl sites for hydroxylation is 1. The van der Waals surface area contributed by atoms with E-state index in [4.69, 9.17) is 32.5 Å². The maximum absolute atomic E-state index is 12.5. The summed E-state index contributed by atoms with van der Waals surface area (Å²) in [6.45, 7) is 3.05. The number of fused-ring (bicyclic) bond motifs is 5. The number of nitrogens with zero attached hydrogens (tertiary/aromatic N) is 1. The van der Waals surface area contributed by atoms with Gasteiger partial charge in [0.25, 0.3) is 0 Å². The summed E-state index contributed by atoms with van der Waals surface area (Å²) in [5.41, 5.74) is 2.58. The molecule has 0 saturated heterocycles. The number of amides is 1. The van der Waals surface area contributed by atoms with E-state index in [0.717, 1.165) is 38.5 Å². The van der Waals surface area contributed by atoms with E-state index >= 15 is 0 Å². The lowest BCUT2D eigenvalue weighted by atomic mass is 9.55. The van der Waals surface area contributed by atoms with Crippen LogP contribution in [0.4, 0.5) is 4.79 Å². The third-order valence-electron chi connectivity index (χ3n) is 8.00. The first-order valence-corrected chi connectivity index (χ1v) is 13.6. The van der Waals surface area contributed by atoms with Gasteiger partial charge in [-0.2, -0.15) is 0 Å². The highest BCUT2D eigenvalue weighted by Gasteiger charge is 2.57. The minimum Gasteiger partial charge on any atom is -0.410 e. The molecule has 9 heteroatoms. The first kappa shape index (κ1) is 24.2. The lowest BCUT2D eigenvalue weighted by Gasteiger charge is -2.49. The Hall–Kier alpha value is -0.910. The highest BCUT2D eigenvalue weighted by Crippen LogP contribution is 2.62. The van der Waals surface area contributed by atoms with Crippen LogP contribution in [0.15, 0.2) is 18.2 Å². The lowest BCUT2D eigenvalue weighted by molar-refractivity contribution is -0.0115. The van der Waals surface area contributed by atoms with Crippen LogP contribution in [0.25, 0.3) is 0 Å². The molecule has 0 aromatic heterocycles. The highest BCUT2D eigenvalue weighted by molar-refractivity contribution is 7.32. The standard InChI is InChI=1S/C23H30Cl2NO5P/c1-23-9-8-18-17-5-3-16(30-22(27)26(12-10-24)13-11-25)14-15(17)2-4-19(18)20(23)6-7-21(23)31-32(28)29/h3,5,14,18-21H,2,4,6-13H2,1H3/p+1/t18-,19-,20+,21+,23+/m1/s1. The van der Waals surface area contributed by atoms with Gasteiger partial charge in [0.15, 0.2) is 0 Å². The maximum atomic E-state index is 12.5. The Kier molecular flexibility index (Phi) is 7.68. The van der Waals surface area contributed by atoms with Crippen molar-refractivity contribution in [3.63, 3.8) is 0 Å².